The summed E-state index contributed by atoms with van der Waals surface area (Å²) >= 11 is 6.87. The molecule has 0 N–H and O–H groups in total. The van der Waals surface area contributed by atoms with E-state index in [1.807, 2.05) is 70.7 Å². The Labute approximate surface area is 270 Å². The molecule has 10 heteroatoms. The summed E-state index contributed by atoms with van der Waals surface area (Å²) in [6.07, 6.45) is 0. The molecule has 4 saturated heterocycles. The number of carbonyl (C=O) groups excluding carboxylic acids is 4. The highest BCUT2D eigenvalue weighted by molar-refractivity contribution is 9.10. The smallest absolute Gasteiger partial charge is 0.253 e. The average Bonchev–Trinajstić information content (AvgIpc) is 3.71. The van der Waals surface area contributed by atoms with Crippen LogP contribution in [0.3, 0.4) is 0 Å². The molecule has 4 fully saturated rings. The van der Waals surface area contributed by atoms with Gasteiger partial charge in [-0.3, -0.25) is 19.2 Å². The van der Waals surface area contributed by atoms with E-state index in [0.717, 1.165) is 20.1 Å². The topological polar surface area (TPSA) is 81.2 Å². The average molecular weight is 712 g/mol. The van der Waals surface area contributed by atoms with E-state index in [9.17, 15) is 19.2 Å². The molecule has 0 aromatic heterocycles. The van der Waals surface area contributed by atoms with Crippen LogP contribution < -0.4 is 9.80 Å². The van der Waals surface area contributed by atoms with Gasteiger partial charge in [-0.2, -0.15) is 0 Å². The molecule has 218 valence electrons. The second-order valence-electron chi connectivity index (χ2n) is 11.4. The fraction of sp³-hybridized carbons (Fsp3) is 0.176. The highest BCUT2D eigenvalue weighted by Gasteiger charge is 2.73. The van der Waals surface area contributed by atoms with Crippen molar-refractivity contribution in [2.45, 2.75) is 24.2 Å². The Hall–Kier alpha value is -3.96. The van der Waals surface area contributed by atoms with Gasteiger partial charge in [-0.25, -0.2) is 19.8 Å². The minimum atomic E-state index is -0.895. The second kappa shape index (κ2) is 10.3. The maximum absolute atomic E-state index is 14.4. The summed E-state index contributed by atoms with van der Waals surface area (Å²) in [5, 5.41) is 3.78. The third kappa shape index (κ3) is 3.88. The third-order valence-electron chi connectivity index (χ3n) is 9.18. The molecule has 8 rings (SSSR count). The maximum Gasteiger partial charge on any atom is 0.253 e. The lowest BCUT2D eigenvalue weighted by Gasteiger charge is -2.35. The van der Waals surface area contributed by atoms with Crippen LogP contribution in [0.4, 0.5) is 11.4 Å². The third-order valence-corrected chi connectivity index (χ3v) is 10.2. The Balaban J connectivity index is 1.32. The number of amides is 4. The van der Waals surface area contributed by atoms with E-state index < -0.39 is 36.0 Å². The Bertz CT molecular complexity index is 1690. The number of hydrogen-bond donors (Lipinski definition) is 0. The zero-order valence-corrected chi connectivity index (χ0v) is 26.2. The van der Waals surface area contributed by atoms with Gasteiger partial charge in [0.1, 0.15) is 12.1 Å². The summed E-state index contributed by atoms with van der Waals surface area (Å²) in [7, 11) is 0. The molecule has 8 nitrogen and oxygen atoms in total. The first-order chi connectivity index (χ1) is 21.4. The zero-order valence-electron chi connectivity index (χ0n) is 23.0. The second-order valence-corrected chi connectivity index (χ2v) is 13.2. The molecule has 4 heterocycles. The molecule has 6 atom stereocenters. The van der Waals surface area contributed by atoms with Gasteiger partial charge in [0.05, 0.1) is 35.3 Å². The lowest BCUT2D eigenvalue weighted by molar-refractivity contribution is -0.136. The van der Waals surface area contributed by atoms with Crippen LogP contribution in [0.15, 0.2) is 118 Å². The Kier molecular flexibility index (Phi) is 6.46. The number of benzene rings is 4. The quantitative estimate of drug-likeness (QED) is 0.255. The minimum absolute atomic E-state index is 0.324. The summed E-state index contributed by atoms with van der Waals surface area (Å²) in [5.74, 6) is -2.95. The lowest BCUT2D eigenvalue weighted by atomic mass is 9.84. The molecule has 4 aromatic carbocycles. The molecule has 4 aromatic rings. The maximum atomic E-state index is 14.4. The summed E-state index contributed by atoms with van der Waals surface area (Å²) in [6, 6.07) is 30.1. The van der Waals surface area contributed by atoms with Gasteiger partial charge in [0.15, 0.2) is 0 Å². The molecule has 0 radical (unpaired) electrons. The van der Waals surface area contributed by atoms with Crippen molar-refractivity contribution in [3.8, 4) is 0 Å². The molecule has 44 heavy (non-hydrogen) atoms. The molecule has 0 aliphatic carbocycles. The van der Waals surface area contributed by atoms with E-state index in [4.69, 9.17) is 0 Å². The van der Waals surface area contributed by atoms with Gasteiger partial charge in [-0.15, -0.1) is 0 Å². The van der Waals surface area contributed by atoms with Crippen molar-refractivity contribution in [3.05, 3.63) is 129 Å². The van der Waals surface area contributed by atoms with E-state index in [1.165, 1.54) is 9.80 Å². The summed E-state index contributed by atoms with van der Waals surface area (Å²) < 4.78 is 1.66. The Morgan fingerprint density at radius 3 is 1.09 bits per heavy atom. The summed E-state index contributed by atoms with van der Waals surface area (Å²) in [5.41, 5.74) is 2.58. The summed E-state index contributed by atoms with van der Waals surface area (Å²) in [6.45, 7) is 0. The number of fused-ring (bicyclic) bond motifs is 5. The fourth-order valence-corrected chi connectivity index (χ4v) is 8.02. The number of hydrazine groups is 1. The van der Waals surface area contributed by atoms with Gasteiger partial charge in [-0.05, 0) is 59.7 Å². The van der Waals surface area contributed by atoms with Gasteiger partial charge < -0.3 is 0 Å². The van der Waals surface area contributed by atoms with Crippen LogP contribution in [0.1, 0.15) is 23.2 Å². The van der Waals surface area contributed by atoms with Crippen molar-refractivity contribution in [1.82, 2.24) is 10.0 Å². The van der Waals surface area contributed by atoms with Gasteiger partial charge >= 0.3 is 0 Å². The van der Waals surface area contributed by atoms with Crippen LogP contribution in [-0.4, -0.2) is 45.7 Å². The molecule has 0 spiro atoms. The van der Waals surface area contributed by atoms with Gasteiger partial charge in [-0.1, -0.05) is 92.5 Å². The molecule has 4 aliphatic rings. The van der Waals surface area contributed by atoms with E-state index in [0.29, 0.717) is 11.4 Å². The number of anilines is 2. The highest BCUT2D eigenvalue weighted by atomic mass is 79.9. The van der Waals surface area contributed by atoms with Crippen LogP contribution in [0.5, 0.6) is 0 Å². The van der Waals surface area contributed by atoms with Gasteiger partial charge in [0, 0.05) is 8.95 Å². The number of hydrogen-bond acceptors (Lipinski definition) is 6. The molecular weight excluding hydrogens is 688 g/mol. The number of halogens is 2. The monoisotopic (exact) mass is 710 g/mol. The van der Waals surface area contributed by atoms with E-state index in [1.54, 1.807) is 48.5 Å². The van der Waals surface area contributed by atoms with Crippen molar-refractivity contribution in [2.24, 2.45) is 11.8 Å². The first-order valence-electron chi connectivity index (χ1n) is 14.3. The lowest BCUT2D eigenvalue weighted by Crippen LogP contribution is -2.50. The standard InChI is InChI=1S/C34H24Br2N4O4/c35-21-11-15-23(16-12-21)37-31(41)25-27(19-7-3-1-4-8-19)39-30-26(32(42)38(34(30)44)24-17-13-22(36)14-18-24)28(20-9-5-2-6-10-20)40(39)29(25)33(37)43/h1-18,25-30H. The molecule has 4 amide bonds. The number of imide groups is 2. The number of nitrogens with zero attached hydrogens (tertiary/aromatic N) is 4. The van der Waals surface area contributed by atoms with Crippen molar-refractivity contribution >= 4 is 66.9 Å². The van der Waals surface area contributed by atoms with E-state index >= 15 is 0 Å². The predicted octanol–water partition coefficient (Wildman–Crippen LogP) is 5.66. The molecule has 0 saturated carbocycles. The molecule has 4 aliphatic heterocycles. The van der Waals surface area contributed by atoms with Crippen molar-refractivity contribution in [3.63, 3.8) is 0 Å². The molecular formula is C34H24Br2N4O4. The van der Waals surface area contributed by atoms with Gasteiger partial charge in [0.25, 0.3) is 11.8 Å². The van der Waals surface area contributed by atoms with E-state index in [2.05, 4.69) is 31.9 Å². The van der Waals surface area contributed by atoms with E-state index in [-0.39, 0.29) is 23.6 Å². The van der Waals surface area contributed by atoms with Crippen molar-refractivity contribution in [1.29, 1.82) is 0 Å². The fourth-order valence-electron chi connectivity index (χ4n) is 7.49. The SMILES string of the molecule is O=C1C2C(C(=O)N1c1ccc(Br)cc1)N1C(c3ccccc3)C3C(=O)N(c4ccc(Br)cc4)C(=O)C3N1C2c1ccccc1. The van der Waals surface area contributed by atoms with Crippen LogP contribution in [0.2, 0.25) is 0 Å². The van der Waals surface area contributed by atoms with Crippen molar-refractivity contribution in [2.75, 3.05) is 9.80 Å². The van der Waals surface area contributed by atoms with Crippen molar-refractivity contribution < 1.29 is 19.2 Å². The zero-order chi connectivity index (χ0) is 30.3. The first-order valence-corrected chi connectivity index (χ1v) is 15.9. The molecule has 6 unspecified atom stereocenters. The molecule has 0 bridgehead atoms. The Morgan fingerprint density at radius 1 is 0.409 bits per heavy atom. The number of rotatable bonds is 4. The normalized spacial score (nSPS) is 28.1. The Morgan fingerprint density at radius 2 is 0.750 bits per heavy atom. The van der Waals surface area contributed by atoms with Gasteiger partial charge in [0.2, 0.25) is 11.8 Å². The van der Waals surface area contributed by atoms with Crippen LogP contribution in [-0.2, 0) is 19.2 Å². The van der Waals surface area contributed by atoms with Crippen LogP contribution in [0, 0.1) is 11.8 Å². The minimum Gasteiger partial charge on any atom is -0.274 e. The van der Waals surface area contributed by atoms with Crippen LogP contribution >= 0.6 is 31.9 Å². The van der Waals surface area contributed by atoms with Crippen LogP contribution in [0.25, 0.3) is 0 Å². The first kappa shape index (κ1) is 27.6. The highest BCUT2D eigenvalue weighted by Crippen LogP contribution is 2.59. The predicted molar refractivity (Wildman–Crippen MR) is 170 cm³/mol. The largest absolute Gasteiger partial charge is 0.274 e. The summed E-state index contributed by atoms with van der Waals surface area (Å²) in [4.78, 5) is 60.1. The number of carbonyl (C=O) groups is 4.